The molecule has 0 fully saturated rings. The minimum absolute atomic E-state index is 0.243. The molecular weight excluding hydrogens is 253 g/mol. The maximum absolute atomic E-state index is 12.9. The van der Waals surface area contributed by atoms with Crippen molar-refractivity contribution in [1.29, 1.82) is 0 Å². The zero-order chi connectivity index (χ0) is 13.5. The van der Waals surface area contributed by atoms with Crippen LogP contribution in [-0.2, 0) is 9.53 Å². The van der Waals surface area contributed by atoms with E-state index in [2.05, 4.69) is 0 Å². The SMILES string of the molecule is CCCC(Sc1ccc(F)cc1N)C(=O)OCC. The third-order valence-electron chi connectivity index (χ3n) is 2.34. The molecule has 18 heavy (non-hydrogen) atoms. The Morgan fingerprint density at radius 1 is 1.50 bits per heavy atom. The summed E-state index contributed by atoms with van der Waals surface area (Å²) in [7, 11) is 0. The zero-order valence-corrected chi connectivity index (χ0v) is 11.4. The lowest BCUT2D eigenvalue weighted by Crippen LogP contribution is -2.20. The molecule has 1 unspecified atom stereocenters. The van der Waals surface area contributed by atoms with Gasteiger partial charge in [0.25, 0.3) is 0 Å². The van der Waals surface area contributed by atoms with Gasteiger partial charge >= 0.3 is 5.97 Å². The second-order valence-electron chi connectivity index (χ2n) is 3.83. The van der Waals surface area contributed by atoms with Gasteiger partial charge in [-0.05, 0) is 31.5 Å². The molecule has 0 aliphatic rings. The van der Waals surface area contributed by atoms with E-state index in [1.165, 1.54) is 23.9 Å². The molecule has 0 heterocycles. The number of nitrogens with two attached hydrogens (primary N) is 1. The summed E-state index contributed by atoms with van der Waals surface area (Å²) in [6, 6.07) is 4.20. The summed E-state index contributed by atoms with van der Waals surface area (Å²) < 4.78 is 17.9. The molecule has 1 aromatic rings. The first-order valence-electron chi connectivity index (χ1n) is 5.96. The van der Waals surface area contributed by atoms with Crippen molar-refractivity contribution in [2.45, 2.75) is 36.8 Å². The molecular formula is C13H18FNO2S. The quantitative estimate of drug-likeness (QED) is 0.490. The number of esters is 1. The Hall–Kier alpha value is -1.23. The molecule has 0 aliphatic carbocycles. The van der Waals surface area contributed by atoms with Gasteiger partial charge in [-0.2, -0.15) is 0 Å². The third-order valence-corrected chi connectivity index (χ3v) is 3.68. The average molecular weight is 271 g/mol. The zero-order valence-electron chi connectivity index (χ0n) is 10.6. The highest BCUT2D eigenvalue weighted by atomic mass is 32.2. The highest BCUT2D eigenvalue weighted by molar-refractivity contribution is 8.00. The van der Waals surface area contributed by atoms with Gasteiger partial charge in [-0.15, -0.1) is 11.8 Å². The van der Waals surface area contributed by atoms with Crippen molar-refractivity contribution < 1.29 is 13.9 Å². The van der Waals surface area contributed by atoms with Crippen LogP contribution in [0.5, 0.6) is 0 Å². The first kappa shape index (κ1) is 14.8. The number of halogens is 1. The molecule has 0 saturated carbocycles. The Labute approximate surface area is 111 Å². The van der Waals surface area contributed by atoms with Crippen LogP contribution >= 0.6 is 11.8 Å². The lowest BCUT2D eigenvalue weighted by molar-refractivity contribution is -0.142. The number of thioether (sulfide) groups is 1. The molecule has 0 saturated heterocycles. The Kier molecular flexibility index (Phi) is 5.98. The smallest absolute Gasteiger partial charge is 0.319 e. The molecule has 0 aromatic heterocycles. The van der Waals surface area contributed by atoms with Gasteiger partial charge < -0.3 is 10.5 Å². The van der Waals surface area contributed by atoms with E-state index < -0.39 is 0 Å². The molecule has 1 aromatic carbocycles. The number of benzene rings is 1. The second kappa shape index (κ2) is 7.26. The Bertz CT molecular complexity index is 412. The van der Waals surface area contributed by atoms with Crippen LogP contribution in [0.4, 0.5) is 10.1 Å². The molecule has 100 valence electrons. The van der Waals surface area contributed by atoms with Crippen LogP contribution in [0.15, 0.2) is 23.1 Å². The van der Waals surface area contributed by atoms with Gasteiger partial charge in [0.05, 0.1) is 6.61 Å². The summed E-state index contributed by atoms with van der Waals surface area (Å²) in [6.07, 6.45) is 1.58. The summed E-state index contributed by atoms with van der Waals surface area (Å²) in [6.45, 7) is 4.14. The topological polar surface area (TPSA) is 52.3 Å². The predicted octanol–water partition coefficient (Wildman–Crippen LogP) is 3.23. The van der Waals surface area contributed by atoms with Crippen LogP contribution in [0.3, 0.4) is 0 Å². The monoisotopic (exact) mass is 271 g/mol. The van der Waals surface area contributed by atoms with Gasteiger partial charge in [0.1, 0.15) is 11.1 Å². The molecule has 0 bridgehead atoms. The van der Waals surface area contributed by atoms with E-state index in [0.29, 0.717) is 23.6 Å². The first-order valence-corrected chi connectivity index (χ1v) is 6.84. The van der Waals surface area contributed by atoms with Crippen molar-refractivity contribution >= 4 is 23.4 Å². The van der Waals surface area contributed by atoms with E-state index in [1.54, 1.807) is 13.0 Å². The second-order valence-corrected chi connectivity index (χ2v) is 5.07. The van der Waals surface area contributed by atoms with E-state index in [0.717, 1.165) is 6.42 Å². The summed E-state index contributed by atoms with van der Waals surface area (Å²) >= 11 is 1.33. The Morgan fingerprint density at radius 2 is 2.22 bits per heavy atom. The molecule has 0 amide bonds. The number of ether oxygens (including phenoxy) is 1. The molecule has 0 radical (unpaired) electrons. The molecule has 0 spiro atoms. The number of carbonyl (C=O) groups is 1. The summed E-state index contributed by atoms with van der Waals surface area (Å²) in [5, 5.41) is -0.289. The van der Waals surface area contributed by atoms with Crippen LogP contribution in [0.2, 0.25) is 0 Å². The van der Waals surface area contributed by atoms with E-state index >= 15 is 0 Å². The Balaban J connectivity index is 2.79. The largest absolute Gasteiger partial charge is 0.465 e. The van der Waals surface area contributed by atoms with Crippen molar-refractivity contribution in [2.24, 2.45) is 0 Å². The van der Waals surface area contributed by atoms with Crippen molar-refractivity contribution in [3.05, 3.63) is 24.0 Å². The van der Waals surface area contributed by atoms with Crippen LogP contribution in [-0.4, -0.2) is 17.8 Å². The Morgan fingerprint density at radius 3 is 2.78 bits per heavy atom. The van der Waals surface area contributed by atoms with Gasteiger partial charge in [-0.1, -0.05) is 13.3 Å². The van der Waals surface area contributed by atoms with Crippen molar-refractivity contribution in [1.82, 2.24) is 0 Å². The standard InChI is InChI=1S/C13H18FNO2S/c1-3-5-12(13(16)17-4-2)18-11-7-6-9(14)8-10(11)15/h6-8,12H,3-5,15H2,1-2H3. The number of nitrogen functional groups attached to an aromatic ring is 1. The number of rotatable bonds is 6. The lowest BCUT2D eigenvalue weighted by atomic mass is 10.2. The first-order chi connectivity index (χ1) is 8.58. The van der Waals surface area contributed by atoms with E-state index in [4.69, 9.17) is 10.5 Å². The van der Waals surface area contributed by atoms with E-state index in [9.17, 15) is 9.18 Å². The fourth-order valence-corrected chi connectivity index (χ4v) is 2.67. The minimum Gasteiger partial charge on any atom is -0.465 e. The average Bonchev–Trinajstić information content (AvgIpc) is 2.32. The third kappa shape index (κ3) is 4.22. The molecule has 5 heteroatoms. The number of hydrogen-bond acceptors (Lipinski definition) is 4. The van der Waals surface area contributed by atoms with E-state index in [-0.39, 0.29) is 17.0 Å². The fraction of sp³-hybridized carbons (Fsp3) is 0.462. The highest BCUT2D eigenvalue weighted by Gasteiger charge is 2.21. The van der Waals surface area contributed by atoms with E-state index in [1.807, 2.05) is 6.92 Å². The van der Waals surface area contributed by atoms with Crippen molar-refractivity contribution in [3.8, 4) is 0 Å². The lowest BCUT2D eigenvalue weighted by Gasteiger charge is -2.15. The molecule has 0 aliphatic heterocycles. The van der Waals surface area contributed by atoms with Crippen LogP contribution < -0.4 is 5.73 Å². The maximum atomic E-state index is 12.9. The number of carbonyl (C=O) groups excluding carboxylic acids is 1. The van der Waals surface area contributed by atoms with Gasteiger partial charge in [0.15, 0.2) is 0 Å². The molecule has 1 rings (SSSR count). The number of anilines is 1. The normalized spacial score (nSPS) is 12.2. The van der Waals surface area contributed by atoms with Crippen molar-refractivity contribution in [3.63, 3.8) is 0 Å². The van der Waals surface area contributed by atoms with Gasteiger partial charge in [0, 0.05) is 10.6 Å². The van der Waals surface area contributed by atoms with Crippen molar-refractivity contribution in [2.75, 3.05) is 12.3 Å². The molecule has 1 atom stereocenters. The van der Waals surface area contributed by atoms with Crippen LogP contribution in [0, 0.1) is 5.82 Å². The van der Waals surface area contributed by atoms with Gasteiger partial charge in [-0.25, -0.2) is 4.39 Å². The molecule has 3 nitrogen and oxygen atoms in total. The summed E-state index contributed by atoms with van der Waals surface area (Å²) in [4.78, 5) is 12.5. The summed E-state index contributed by atoms with van der Waals surface area (Å²) in [5.41, 5.74) is 6.08. The highest BCUT2D eigenvalue weighted by Crippen LogP contribution is 2.32. The summed E-state index contributed by atoms with van der Waals surface area (Å²) in [5.74, 6) is -0.617. The van der Waals surface area contributed by atoms with Gasteiger partial charge in [-0.3, -0.25) is 4.79 Å². The maximum Gasteiger partial charge on any atom is 0.319 e. The predicted molar refractivity (Wildman–Crippen MR) is 72.0 cm³/mol. The van der Waals surface area contributed by atoms with Crippen LogP contribution in [0.25, 0.3) is 0 Å². The minimum atomic E-state index is -0.375. The molecule has 2 N–H and O–H groups in total. The van der Waals surface area contributed by atoms with Gasteiger partial charge in [0.2, 0.25) is 0 Å². The fourth-order valence-electron chi connectivity index (χ4n) is 1.50. The van der Waals surface area contributed by atoms with Crippen LogP contribution in [0.1, 0.15) is 26.7 Å². The number of hydrogen-bond donors (Lipinski definition) is 1.